The number of rotatable bonds is 3. The molecule has 1 aromatic carbocycles. The lowest BCUT2D eigenvalue weighted by molar-refractivity contribution is -0.111. The van der Waals surface area contributed by atoms with Gasteiger partial charge in [0, 0.05) is 17.2 Å². The van der Waals surface area contributed by atoms with Gasteiger partial charge in [-0.3, -0.25) is 4.79 Å². The van der Waals surface area contributed by atoms with Gasteiger partial charge in [0.1, 0.15) is 11.0 Å². The minimum atomic E-state index is -0.356. The van der Waals surface area contributed by atoms with E-state index < -0.39 is 0 Å². The molecule has 0 fully saturated rings. The fraction of sp³-hybridized carbons (Fsp3) is 0. The molecular weight excluding hydrogens is 321 g/mol. The zero-order valence-electron chi connectivity index (χ0n) is 9.98. The molecule has 0 saturated carbocycles. The normalized spacial score (nSPS) is 10.8. The topological polar surface area (TPSA) is 54.9 Å². The van der Waals surface area contributed by atoms with Crippen LogP contribution in [0.3, 0.4) is 0 Å². The van der Waals surface area contributed by atoms with Gasteiger partial charge in [-0.1, -0.05) is 35.3 Å². The molecule has 7 heteroatoms. The minimum Gasteiger partial charge on any atom is -0.307 e. The van der Waals surface area contributed by atoms with Gasteiger partial charge < -0.3 is 5.32 Å². The number of hydrogen-bond donors (Lipinski definition) is 1. The van der Waals surface area contributed by atoms with Crippen LogP contribution in [-0.4, -0.2) is 15.9 Å². The third-order valence-electron chi connectivity index (χ3n) is 2.22. The molecule has 2 rings (SSSR count). The first-order chi connectivity index (χ1) is 9.52. The summed E-state index contributed by atoms with van der Waals surface area (Å²) in [5.41, 5.74) is 0.850. The minimum absolute atomic E-state index is 0.0329. The molecule has 4 nitrogen and oxygen atoms in total. The van der Waals surface area contributed by atoms with E-state index in [0.717, 1.165) is 5.56 Å². The van der Waals surface area contributed by atoms with Crippen LogP contribution in [0.15, 0.2) is 36.4 Å². The highest BCUT2D eigenvalue weighted by atomic mass is 35.5. The van der Waals surface area contributed by atoms with Gasteiger partial charge in [0.15, 0.2) is 0 Å². The number of benzene rings is 1. The van der Waals surface area contributed by atoms with Crippen molar-refractivity contribution in [2.24, 2.45) is 0 Å². The number of nitrogens with one attached hydrogen (secondary N) is 1. The Bertz CT molecular complexity index is 636. The lowest BCUT2D eigenvalue weighted by atomic mass is 10.2. The van der Waals surface area contributed by atoms with Gasteiger partial charge in [0.05, 0.1) is 0 Å². The third-order valence-corrected chi connectivity index (χ3v) is 2.83. The van der Waals surface area contributed by atoms with Crippen molar-refractivity contribution in [2.75, 3.05) is 5.32 Å². The molecule has 0 atom stereocenters. The van der Waals surface area contributed by atoms with Gasteiger partial charge in [0.25, 0.3) is 0 Å². The number of carbonyl (C=O) groups excluding carboxylic acids is 1. The summed E-state index contributed by atoms with van der Waals surface area (Å²) in [6, 6.07) is 8.47. The molecule has 1 amide bonds. The molecule has 0 aliphatic heterocycles. The molecule has 0 aliphatic rings. The zero-order valence-corrected chi connectivity index (χ0v) is 12.2. The van der Waals surface area contributed by atoms with Crippen molar-refractivity contribution in [3.05, 3.63) is 57.4 Å². The van der Waals surface area contributed by atoms with Crippen molar-refractivity contribution in [1.29, 1.82) is 0 Å². The van der Waals surface area contributed by atoms with Crippen LogP contribution in [0.4, 0.5) is 5.82 Å². The van der Waals surface area contributed by atoms with Crippen LogP contribution >= 0.6 is 34.8 Å². The quantitative estimate of drug-likeness (QED) is 0.524. The Morgan fingerprint density at radius 1 is 1.10 bits per heavy atom. The van der Waals surface area contributed by atoms with Gasteiger partial charge >= 0.3 is 0 Å². The first kappa shape index (κ1) is 14.8. The number of carbonyl (C=O) groups is 1. The molecular formula is C13H8Cl3N3O. The van der Waals surface area contributed by atoms with E-state index in [9.17, 15) is 4.79 Å². The number of hydrogen-bond acceptors (Lipinski definition) is 3. The van der Waals surface area contributed by atoms with Crippen molar-refractivity contribution < 1.29 is 4.79 Å². The van der Waals surface area contributed by atoms with E-state index in [0.29, 0.717) is 5.02 Å². The first-order valence-electron chi connectivity index (χ1n) is 5.47. The average Bonchev–Trinajstić information content (AvgIpc) is 2.37. The van der Waals surface area contributed by atoms with Crippen molar-refractivity contribution >= 4 is 52.6 Å². The highest BCUT2D eigenvalue weighted by Gasteiger charge is 2.03. The SMILES string of the molecule is O=C(/C=C/c1ccc(Cl)cc1)Nc1cc(Cl)nc(Cl)n1. The Balaban J connectivity index is 2.03. The summed E-state index contributed by atoms with van der Waals surface area (Å²) in [6.45, 7) is 0. The number of nitrogens with zero attached hydrogens (tertiary/aromatic N) is 2. The Labute approximate surface area is 130 Å². The van der Waals surface area contributed by atoms with E-state index in [4.69, 9.17) is 34.8 Å². The summed E-state index contributed by atoms with van der Waals surface area (Å²) in [6.07, 6.45) is 3.02. The van der Waals surface area contributed by atoms with Crippen LogP contribution in [0.2, 0.25) is 15.5 Å². The van der Waals surface area contributed by atoms with Crippen molar-refractivity contribution in [1.82, 2.24) is 9.97 Å². The molecule has 0 spiro atoms. The maximum atomic E-state index is 11.7. The molecule has 20 heavy (non-hydrogen) atoms. The van der Waals surface area contributed by atoms with Gasteiger partial charge in [-0.2, -0.15) is 0 Å². The summed E-state index contributed by atoms with van der Waals surface area (Å²) in [4.78, 5) is 19.2. The molecule has 1 aromatic heterocycles. The molecule has 0 saturated heterocycles. The fourth-order valence-corrected chi connectivity index (χ4v) is 1.90. The van der Waals surface area contributed by atoms with Crippen molar-refractivity contribution in [2.45, 2.75) is 0 Å². The summed E-state index contributed by atoms with van der Waals surface area (Å²) >= 11 is 17.1. The van der Waals surface area contributed by atoms with Crippen LogP contribution in [0.1, 0.15) is 5.56 Å². The Morgan fingerprint density at radius 3 is 2.45 bits per heavy atom. The van der Waals surface area contributed by atoms with Gasteiger partial charge in [-0.25, -0.2) is 9.97 Å². The van der Waals surface area contributed by atoms with Crippen LogP contribution in [0.5, 0.6) is 0 Å². The number of anilines is 1. The van der Waals surface area contributed by atoms with Crippen LogP contribution in [-0.2, 0) is 4.79 Å². The molecule has 0 radical (unpaired) electrons. The van der Waals surface area contributed by atoms with E-state index in [-0.39, 0.29) is 22.2 Å². The van der Waals surface area contributed by atoms with E-state index in [1.807, 2.05) is 0 Å². The Morgan fingerprint density at radius 2 is 1.80 bits per heavy atom. The third kappa shape index (κ3) is 4.49. The molecule has 0 bridgehead atoms. The highest BCUT2D eigenvalue weighted by Crippen LogP contribution is 2.14. The number of amides is 1. The van der Waals surface area contributed by atoms with E-state index in [1.165, 1.54) is 12.1 Å². The van der Waals surface area contributed by atoms with Crippen molar-refractivity contribution in [3.8, 4) is 0 Å². The number of aromatic nitrogens is 2. The van der Waals surface area contributed by atoms with Gasteiger partial charge in [-0.15, -0.1) is 0 Å². The Hall–Kier alpha value is -1.62. The summed E-state index contributed by atoms with van der Waals surface area (Å²) < 4.78 is 0. The lowest BCUT2D eigenvalue weighted by Gasteiger charge is -2.01. The van der Waals surface area contributed by atoms with Crippen molar-refractivity contribution in [3.63, 3.8) is 0 Å². The predicted molar refractivity (Wildman–Crippen MR) is 81.2 cm³/mol. The van der Waals surface area contributed by atoms with Crippen LogP contribution < -0.4 is 5.32 Å². The zero-order chi connectivity index (χ0) is 14.5. The first-order valence-corrected chi connectivity index (χ1v) is 6.61. The summed E-state index contributed by atoms with van der Waals surface area (Å²) in [5.74, 6) is -0.119. The molecule has 2 aromatic rings. The van der Waals surface area contributed by atoms with Crippen LogP contribution in [0, 0.1) is 0 Å². The highest BCUT2D eigenvalue weighted by molar-refractivity contribution is 6.32. The largest absolute Gasteiger partial charge is 0.307 e. The number of halogens is 3. The summed E-state index contributed by atoms with van der Waals surface area (Å²) in [5, 5.41) is 3.29. The fourth-order valence-electron chi connectivity index (χ4n) is 1.37. The smallest absolute Gasteiger partial charge is 0.249 e. The summed E-state index contributed by atoms with van der Waals surface area (Å²) in [7, 11) is 0. The average molecular weight is 329 g/mol. The van der Waals surface area contributed by atoms with E-state index in [1.54, 1.807) is 30.3 Å². The molecule has 0 aliphatic carbocycles. The maximum absolute atomic E-state index is 11.7. The second-order valence-corrected chi connectivity index (χ2v) is 4.88. The van der Waals surface area contributed by atoms with Gasteiger partial charge in [-0.05, 0) is 35.4 Å². The van der Waals surface area contributed by atoms with E-state index >= 15 is 0 Å². The Kier molecular flexibility index (Phi) is 4.95. The molecule has 1 N–H and O–H groups in total. The maximum Gasteiger partial charge on any atom is 0.249 e. The monoisotopic (exact) mass is 327 g/mol. The second kappa shape index (κ2) is 6.70. The van der Waals surface area contributed by atoms with E-state index in [2.05, 4.69) is 15.3 Å². The molecule has 102 valence electrons. The second-order valence-electron chi connectivity index (χ2n) is 3.72. The predicted octanol–water partition coefficient (Wildman–Crippen LogP) is 4.09. The van der Waals surface area contributed by atoms with Crippen LogP contribution in [0.25, 0.3) is 6.08 Å². The molecule has 1 heterocycles. The molecule has 0 unspecified atom stereocenters. The van der Waals surface area contributed by atoms with Gasteiger partial charge in [0.2, 0.25) is 11.2 Å². The standard InChI is InChI=1S/C13H8Cl3N3O/c14-9-4-1-8(2-5-9)3-6-12(20)18-11-7-10(15)17-13(16)19-11/h1-7H,(H,17,18,19,20)/b6-3+. The lowest BCUT2D eigenvalue weighted by Crippen LogP contribution is -2.09.